The zero-order chi connectivity index (χ0) is 14.0. The van der Waals surface area contributed by atoms with Gasteiger partial charge in [0, 0.05) is 25.5 Å². The number of imidazole rings is 1. The Hall–Kier alpha value is -2.14. The van der Waals surface area contributed by atoms with Crippen LogP contribution in [0.4, 0.5) is 0 Å². The SMILES string of the molecule is NCCON=C(CCCn1ccnc1)c1ccccc1. The lowest BCUT2D eigenvalue weighted by Gasteiger charge is -2.07. The van der Waals surface area contributed by atoms with Crippen molar-refractivity contribution in [2.75, 3.05) is 13.2 Å². The summed E-state index contributed by atoms with van der Waals surface area (Å²) in [4.78, 5) is 9.26. The van der Waals surface area contributed by atoms with Crippen LogP contribution < -0.4 is 5.73 Å². The Morgan fingerprint density at radius 2 is 2.15 bits per heavy atom. The molecule has 0 aliphatic rings. The van der Waals surface area contributed by atoms with Gasteiger partial charge in [-0.2, -0.15) is 0 Å². The van der Waals surface area contributed by atoms with Crippen molar-refractivity contribution < 1.29 is 4.84 Å². The van der Waals surface area contributed by atoms with Crippen LogP contribution in [-0.4, -0.2) is 28.4 Å². The van der Waals surface area contributed by atoms with Gasteiger partial charge < -0.3 is 15.1 Å². The predicted octanol–water partition coefficient (Wildman–Crippen LogP) is 2.04. The summed E-state index contributed by atoms with van der Waals surface area (Å²) >= 11 is 0. The van der Waals surface area contributed by atoms with Crippen LogP contribution in [-0.2, 0) is 11.4 Å². The number of rotatable bonds is 8. The number of nitrogens with zero attached hydrogens (tertiary/aromatic N) is 3. The minimum atomic E-state index is 0.442. The molecule has 0 radical (unpaired) electrons. The number of hydrogen-bond donors (Lipinski definition) is 1. The van der Waals surface area contributed by atoms with E-state index in [4.69, 9.17) is 10.6 Å². The molecule has 2 aromatic rings. The first kappa shape index (κ1) is 14.3. The van der Waals surface area contributed by atoms with Gasteiger partial charge in [0.25, 0.3) is 0 Å². The van der Waals surface area contributed by atoms with Crippen LogP contribution in [0.15, 0.2) is 54.2 Å². The van der Waals surface area contributed by atoms with Crippen molar-refractivity contribution in [2.45, 2.75) is 19.4 Å². The van der Waals surface area contributed by atoms with Crippen molar-refractivity contribution >= 4 is 5.71 Å². The Labute approximate surface area is 119 Å². The Balaban J connectivity index is 1.94. The Morgan fingerprint density at radius 1 is 1.30 bits per heavy atom. The van der Waals surface area contributed by atoms with Gasteiger partial charge in [0.15, 0.2) is 0 Å². The van der Waals surface area contributed by atoms with E-state index in [0.717, 1.165) is 30.7 Å². The van der Waals surface area contributed by atoms with Crippen molar-refractivity contribution in [3.05, 3.63) is 54.6 Å². The summed E-state index contributed by atoms with van der Waals surface area (Å²) in [6.07, 6.45) is 7.41. The molecule has 0 fully saturated rings. The molecule has 20 heavy (non-hydrogen) atoms. The molecule has 0 saturated heterocycles. The van der Waals surface area contributed by atoms with Crippen LogP contribution in [0, 0.1) is 0 Å². The quantitative estimate of drug-likeness (QED) is 0.454. The van der Waals surface area contributed by atoms with E-state index in [1.54, 1.807) is 6.20 Å². The Kier molecular flexibility index (Phi) is 5.79. The second-order valence-corrected chi connectivity index (χ2v) is 4.43. The normalized spacial score (nSPS) is 11.6. The fourth-order valence-electron chi connectivity index (χ4n) is 1.90. The summed E-state index contributed by atoms with van der Waals surface area (Å²) in [7, 11) is 0. The summed E-state index contributed by atoms with van der Waals surface area (Å²) in [6, 6.07) is 10.1. The molecular weight excluding hydrogens is 252 g/mol. The van der Waals surface area contributed by atoms with E-state index in [1.165, 1.54) is 0 Å². The van der Waals surface area contributed by atoms with Gasteiger partial charge in [0.2, 0.25) is 0 Å². The highest BCUT2D eigenvalue weighted by atomic mass is 16.6. The second-order valence-electron chi connectivity index (χ2n) is 4.43. The molecule has 0 unspecified atom stereocenters. The summed E-state index contributed by atoms with van der Waals surface area (Å²) in [6.45, 7) is 1.83. The molecule has 5 nitrogen and oxygen atoms in total. The van der Waals surface area contributed by atoms with Gasteiger partial charge in [-0.3, -0.25) is 0 Å². The number of aryl methyl sites for hydroxylation is 1. The lowest BCUT2D eigenvalue weighted by molar-refractivity contribution is 0.151. The molecule has 106 valence electrons. The van der Waals surface area contributed by atoms with Gasteiger partial charge in [0.1, 0.15) is 6.61 Å². The fraction of sp³-hybridized carbons (Fsp3) is 0.333. The van der Waals surface area contributed by atoms with Crippen LogP contribution in [0.3, 0.4) is 0 Å². The first-order chi connectivity index (χ1) is 9.90. The first-order valence-corrected chi connectivity index (χ1v) is 6.80. The number of aromatic nitrogens is 2. The van der Waals surface area contributed by atoms with Gasteiger partial charge in [-0.1, -0.05) is 35.5 Å². The molecule has 2 rings (SSSR count). The number of nitrogens with two attached hydrogens (primary N) is 1. The van der Waals surface area contributed by atoms with E-state index in [0.29, 0.717) is 13.2 Å². The highest BCUT2D eigenvalue weighted by Gasteiger charge is 2.04. The van der Waals surface area contributed by atoms with Crippen molar-refractivity contribution in [1.29, 1.82) is 0 Å². The third-order valence-electron chi connectivity index (χ3n) is 2.88. The maximum Gasteiger partial charge on any atom is 0.129 e. The molecule has 0 atom stereocenters. The molecule has 1 aromatic carbocycles. The van der Waals surface area contributed by atoms with E-state index >= 15 is 0 Å². The molecule has 5 heteroatoms. The standard InChI is InChI=1S/C15H20N4O/c16-8-12-20-18-15(14-5-2-1-3-6-14)7-4-10-19-11-9-17-13-19/h1-3,5-6,9,11,13H,4,7-8,10,12,16H2. The largest absolute Gasteiger partial charge is 0.394 e. The average Bonchev–Trinajstić information content (AvgIpc) is 3.00. The van der Waals surface area contributed by atoms with Crippen molar-refractivity contribution in [3.8, 4) is 0 Å². The molecule has 0 bridgehead atoms. The van der Waals surface area contributed by atoms with Crippen molar-refractivity contribution in [1.82, 2.24) is 9.55 Å². The zero-order valence-corrected chi connectivity index (χ0v) is 11.5. The molecule has 0 spiro atoms. The van der Waals surface area contributed by atoms with E-state index in [1.807, 2.05) is 42.9 Å². The molecule has 0 aliphatic carbocycles. The van der Waals surface area contributed by atoms with E-state index < -0.39 is 0 Å². The van der Waals surface area contributed by atoms with Gasteiger partial charge in [-0.05, 0) is 18.4 Å². The van der Waals surface area contributed by atoms with Crippen LogP contribution in [0.1, 0.15) is 18.4 Å². The topological polar surface area (TPSA) is 65.4 Å². The first-order valence-electron chi connectivity index (χ1n) is 6.80. The zero-order valence-electron chi connectivity index (χ0n) is 11.5. The number of benzene rings is 1. The summed E-state index contributed by atoms with van der Waals surface area (Å²) in [5, 5.41) is 4.21. The predicted molar refractivity (Wildman–Crippen MR) is 79.4 cm³/mol. The molecule has 1 heterocycles. The van der Waals surface area contributed by atoms with Crippen LogP contribution in [0.5, 0.6) is 0 Å². The third kappa shape index (κ3) is 4.51. The molecule has 0 aliphatic heterocycles. The lowest BCUT2D eigenvalue weighted by Crippen LogP contribution is -2.09. The van der Waals surface area contributed by atoms with Crippen LogP contribution in [0.25, 0.3) is 0 Å². The molecular formula is C15H20N4O. The number of hydrogen-bond acceptors (Lipinski definition) is 4. The summed E-state index contributed by atoms with van der Waals surface area (Å²) in [5.74, 6) is 0. The minimum absolute atomic E-state index is 0.442. The Morgan fingerprint density at radius 3 is 2.85 bits per heavy atom. The smallest absolute Gasteiger partial charge is 0.129 e. The molecule has 2 N–H and O–H groups in total. The number of oxime groups is 1. The average molecular weight is 272 g/mol. The monoisotopic (exact) mass is 272 g/mol. The summed E-state index contributed by atoms with van der Waals surface area (Å²) in [5.41, 5.74) is 7.46. The molecule has 0 amide bonds. The maximum absolute atomic E-state index is 5.41. The van der Waals surface area contributed by atoms with Gasteiger partial charge >= 0.3 is 0 Å². The van der Waals surface area contributed by atoms with Gasteiger partial charge in [0.05, 0.1) is 12.0 Å². The fourth-order valence-corrected chi connectivity index (χ4v) is 1.90. The summed E-state index contributed by atoms with van der Waals surface area (Å²) < 4.78 is 2.06. The van der Waals surface area contributed by atoms with Crippen LogP contribution >= 0.6 is 0 Å². The van der Waals surface area contributed by atoms with Gasteiger partial charge in [-0.15, -0.1) is 0 Å². The van der Waals surface area contributed by atoms with E-state index in [2.05, 4.69) is 14.7 Å². The molecule has 1 aromatic heterocycles. The Bertz CT molecular complexity index is 508. The highest BCUT2D eigenvalue weighted by Crippen LogP contribution is 2.08. The van der Waals surface area contributed by atoms with Gasteiger partial charge in [-0.25, -0.2) is 4.98 Å². The highest BCUT2D eigenvalue weighted by molar-refractivity contribution is 6.00. The maximum atomic E-state index is 5.41. The van der Waals surface area contributed by atoms with E-state index in [9.17, 15) is 0 Å². The lowest BCUT2D eigenvalue weighted by atomic mass is 10.1. The van der Waals surface area contributed by atoms with Crippen molar-refractivity contribution in [3.63, 3.8) is 0 Å². The second kappa shape index (κ2) is 8.12. The minimum Gasteiger partial charge on any atom is -0.394 e. The van der Waals surface area contributed by atoms with Crippen molar-refractivity contribution in [2.24, 2.45) is 10.9 Å². The van der Waals surface area contributed by atoms with Crippen LogP contribution in [0.2, 0.25) is 0 Å². The third-order valence-corrected chi connectivity index (χ3v) is 2.88. The molecule has 0 saturated carbocycles. The van der Waals surface area contributed by atoms with E-state index in [-0.39, 0.29) is 0 Å².